The van der Waals surface area contributed by atoms with Crippen LogP contribution in [0.25, 0.3) is 10.9 Å². The lowest BCUT2D eigenvalue weighted by Crippen LogP contribution is -2.19. The molecule has 23 heavy (non-hydrogen) atoms. The van der Waals surface area contributed by atoms with E-state index >= 15 is 0 Å². The number of alkyl halides is 3. The lowest BCUT2D eigenvalue weighted by molar-refractivity contribution is -0.136. The maximum absolute atomic E-state index is 13.5. The number of hydrogen-bond acceptors (Lipinski definition) is 2. The average Bonchev–Trinajstić information content (AvgIpc) is 2.67. The van der Waals surface area contributed by atoms with Crippen molar-refractivity contribution in [3.63, 3.8) is 0 Å². The molecular formula is C17H17F3N2O. The molecule has 2 N–H and O–H groups in total. The molecule has 2 unspecified atom stereocenters. The van der Waals surface area contributed by atoms with Gasteiger partial charge in [-0.25, -0.2) is 0 Å². The molecule has 2 aromatic rings. The fourth-order valence-electron chi connectivity index (χ4n) is 4.15. The summed E-state index contributed by atoms with van der Waals surface area (Å²) in [6.07, 6.45) is 0.584. The average molecular weight is 322 g/mol. The highest BCUT2D eigenvalue weighted by Crippen LogP contribution is 2.48. The third kappa shape index (κ3) is 2.31. The summed E-state index contributed by atoms with van der Waals surface area (Å²) in [5.74, 6) is 0.0863. The van der Waals surface area contributed by atoms with Crippen LogP contribution in [0.4, 0.5) is 18.9 Å². The summed E-state index contributed by atoms with van der Waals surface area (Å²) in [4.78, 5) is 14.2. The summed E-state index contributed by atoms with van der Waals surface area (Å²) < 4.78 is 40.5. The zero-order valence-corrected chi connectivity index (χ0v) is 12.5. The minimum atomic E-state index is -4.54. The molecule has 3 nitrogen and oxygen atoms in total. The third-order valence-corrected chi connectivity index (χ3v) is 5.08. The zero-order chi connectivity index (χ0) is 16.2. The van der Waals surface area contributed by atoms with Crippen molar-refractivity contribution in [3.05, 3.63) is 39.7 Å². The molecule has 6 heteroatoms. The highest BCUT2D eigenvalue weighted by atomic mass is 19.4. The standard InChI is InChI=1S/C17H17F3N2O/c18-17(19,20)10-8-14(23)22-13-7-6-12-15(16(10)13)9-4-2-1-3-5-11(9)21-12/h6-9,11,21H,1-5H2,(H,22,23). The van der Waals surface area contributed by atoms with Gasteiger partial charge in [0.2, 0.25) is 5.56 Å². The van der Waals surface area contributed by atoms with E-state index in [9.17, 15) is 18.0 Å². The van der Waals surface area contributed by atoms with Crippen LogP contribution in [0, 0.1) is 0 Å². The lowest BCUT2D eigenvalue weighted by atomic mass is 9.87. The largest absolute Gasteiger partial charge is 0.417 e. The second-order valence-corrected chi connectivity index (χ2v) is 6.49. The molecule has 0 radical (unpaired) electrons. The maximum Gasteiger partial charge on any atom is 0.417 e. The Kier molecular flexibility index (Phi) is 3.18. The maximum atomic E-state index is 13.5. The van der Waals surface area contributed by atoms with E-state index in [4.69, 9.17) is 0 Å². The molecule has 0 amide bonds. The number of aromatic amines is 1. The van der Waals surface area contributed by atoms with E-state index in [1.807, 2.05) is 0 Å². The first-order valence-corrected chi connectivity index (χ1v) is 7.99. The molecule has 0 bridgehead atoms. The monoisotopic (exact) mass is 322 g/mol. The number of pyridine rings is 1. The molecule has 122 valence electrons. The summed E-state index contributed by atoms with van der Waals surface area (Å²) in [6.45, 7) is 0. The molecule has 1 saturated carbocycles. The van der Waals surface area contributed by atoms with Crippen LogP contribution in [0.15, 0.2) is 23.0 Å². The number of fused-ring (bicyclic) bond motifs is 5. The quantitative estimate of drug-likeness (QED) is 0.755. The Hall–Kier alpha value is -1.98. The van der Waals surface area contributed by atoms with Gasteiger partial charge in [-0.2, -0.15) is 13.2 Å². The second kappa shape index (κ2) is 5.01. The van der Waals surface area contributed by atoms with Gasteiger partial charge in [-0.15, -0.1) is 0 Å². The first kappa shape index (κ1) is 14.6. The zero-order valence-electron chi connectivity index (χ0n) is 12.5. The predicted molar refractivity (Wildman–Crippen MR) is 82.8 cm³/mol. The summed E-state index contributed by atoms with van der Waals surface area (Å²) in [7, 11) is 0. The van der Waals surface area contributed by atoms with Crippen molar-refractivity contribution >= 4 is 16.6 Å². The third-order valence-electron chi connectivity index (χ3n) is 5.08. The van der Waals surface area contributed by atoms with Gasteiger partial charge in [0.15, 0.2) is 0 Å². The number of halogens is 3. The topological polar surface area (TPSA) is 44.9 Å². The van der Waals surface area contributed by atoms with Crippen LogP contribution in [0.2, 0.25) is 0 Å². The van der Waals surface area contributed by atoms with Crippen LogP contribution in [0.5, 0.6) is 0 Å². The number of H-pyrrole nitrogens is 1. The van der Waals surface area contributed by atoms with Crippen molar-refractivity contribution in [2.45, 2.75) is 50.2 Å². The van der Waals surface area contributed by atoms with Gasteiger partial charge in [-0.3, -0.25) is 4.79 Å². The Labute approximate surface area is 130 Å². The van der Waals surface area contributed by atoms with E-state index in [1.54, 1.807) is 12.1 Å². The summed E-state index contributed by atoms with van der Waals surface area (Å²) >= 11 is 0. The molecule has 0 saturated heterocycles. The van der Waals surface area contributed by atoms with E-state index in [-0.39, 0.29) is 22.9 Å². The fourth-order valence-corrected chi connectivity index (χ4v) is 4.15. The van der Waals surface area contributed by atoms with E-state index in [1.165, 1.54) is 0 Å². The van der Waals surface area contributed by atoms with Crippen LogP contribution in [0.1, 0.15) is 49.1 Å². The minimum Gasteiger partial charge on any atom is -0.381 e. The van der Waals surface area contributed by atoms with Gasteiger partial charge in [-0.05, 0) is 30.5 Å². The number of benzene rings is 1. The van der Waals surface area contributed by atoms with Crippen molar-refractivity contribution < 1.29 is 13.2 Å². The first-order chi connectivity index (χ1) is 10.9. The minimum absolute atomic E-state index is 0.0863. The Bertz CT molecular complexity index is 825. The van der Waals surface area contributed by atoms with Gasteiger partial charge >= 0.3 is 6.18 Å². The van der Waals surface area contributed by atoms with Crippen LogP contribution in [-0.2, 0) is 6.18 Å². The smallest absolute Gasteiger partial charge is 0.381 e. The number of anilines is 1. The highest BCUT2D eigenvalue weighted by Gasteiger charge is 2.39. The second-order valence-electron chi connectivity index (χ2n) is 6.49. The highest BCUT2D eigenvalue weighted by molar-refractivity contribution is 5.92. The van der Waals surface area contributed by atoms with E-state index in [0.717, 1.165) is 43.4 Å². The molecule has 0 spiro atoms. The van der Waals surface area contributed by atoms with Gasteiger partial charge in [-0.1, -0.05) is 19.3 Å². The molecule has 2 aliphatic rings. The Balaban J connectivity index is 2.02. The Morgan fingerprint density at radius 2 is 1.87 bits per heavy atom. The van der Waals surface area contributed by atoms with Gasteiger partial charge in [0.25, 0.3) is 0 Å². The van der Waals surface area contributed by atoms with Crippen molar-refractivity contribution in [1.82, 2.24) is 4.98 Å². The van der Waals surface area contributed by atoms with Crippen molar-refractivity contribution in [2.24, 2.45) is 0 Å². The molecule has 2 heterocycles. The van der Waals surface area contributed by atoms with Gasteiger partial charge in [0, 0.05) is 34.6 Å². The SMILES string of the molecule is O=c1cc(C(F)(F)F)c2c3c(ccc2[nH]1)NC1CCCCCC31. The van der Waals surface area contributed by atoms with E-state index in [2.05, 4.69) is 10.3 Å². The van der Waals surface area contributed by atoms with E-state index < -0.39 is 17.3 Å². The summed E-state index contributed by atoms with van der Waals surface area (Å²) in [5.41, 5.74) is 0.258. The van der Waals surface area contributed by atoms with Crippen molar-refractivity contribution in [3.8, 4) is 0 Å². The van der Waals surface area contributed by atoms with E-state index in [0.29, 0.717) is 6.07 Å². The Morgan fingerprint density at radius 3 is 2.65 bits per heavy atom. The van der Waals surface area contributed by atoms with Crippen LogP contribution in [0.3, 0.4) is 0 Å². The molecule has 1 aromatic heterocycles. The Morgan fingerprint density at radius 1 is 1.09 bits per heavy atom. The van der Waals surface area contributed by atoms with Crippen LogP contribution in [-0.4, -0.2) is 11.0 Å². The van der Waals surface area contributed by atoms with Crippen molar-refractivity contribution in [1.29, 1.82) is 0 Å². The van der Waals surface area contributed by atoms with Gasteiger partial charge in [0.05, 0.1) is 5.56 Å². The molecule has 2 atom stereocenters. The van der Waals surface area contributed by atoms with Crippen LogP contribution < -0.4 is 10.9 Å². The van der Waals surface area contributed by atoms with Crippen molar-refractivity contribution in [2.75, 3.05) is 5.32 Å². The normalized spacial score (nSPS) is 24.0. The molecule has 1 aromatic carbocycles. The predicted octanol–water partition coefficient (Wildman–Crippen LogP) is 4.39. The van der Waals surface area contributed by atoms with Gasteiger partial charge in [0.1, 0.15) is 0 Å². The molecule has 1 aliphatic carbocycles. The first-order valence-electron chi connectivity index (χ1n) is 7.99. The number of nitrogens with one attached hydrogen (secondary N) is 2. The molecular weight excluding hydrogens is 305 g/mol. The summed E-state index contributed by atoms with van der Waals surface area (Å²) in [5, 5.41) is 3.57. The lowest BCUT2D eigenvalue weighted by Gasteiger charge is -2.19. The van der Waals surface area contributed by atoms with Gasteiger partial charge < -0.3 is 10.3 Å². The summed E-state index contributed by atoms with van der Waals surface area (Å²) in [6, 6.07) is 4.25. The number of rotatable bonds is 0. The molecule has 1 aliphatic heterocycles. The number of aromatic nitrogens is 1. The number of hydrogen-bond donors (Lipinski definition) is 2. The fraction of sp³-hybridized carbons (Fsp3) is 0.471. The van der Waals surface area contributed by atoms with Crippen LogP contribution >= 0.6 is 0 Å². The molecule has 1 fully saturated rings. The molecule has 4 rings (SSSR count).